The molecule has 96 valence electrons. The molecule has 0 aliphatic carbocycles. The summed E-state index contributed by atoms with van der Waals surface area (Å²) in [6.07, 6.45) is 3.63. The second-order valence-corrected chi connectivity index (χ2v) is 5.27. The Morgan fingerprint density at radius 1 is 1.26 bits per heavy atom. The van der Waals surface area contributed by atoms with E-state index in [0.29, 0.717) is 6.42 Å². The van der Waals surface area contributed by atoms with Crippen LogP contribution in [0.25, 0.3) is 5.69 Å². The fourth-order valence-electron chi connectivity index (χ4n) is 1.87. The van der Waals surface area contributed by atoms with Gasteiger partial charge in [-0.25, -0.2) is 9.67 Å². The summed E-state index contributed by atoms with van der Waals surface area (Å²) in [6, 6.07) is 7.66. The maximum atomic E-state index is 11.5. The molecule has 1 saturated heterocycles. The van der Waals surface area contributed by atoms with Crippen LogP contribution in [0, 0.1) is 0 Å². The quantitative estimate of drug-likeness (QED) is 0.909. The Kier molecular flexibility index (Phi) is 3.04. The summed E-state index contributed by atoms with van der Waals surface area (Å²) in [4.78, 5) is 26.4. The van der Waals surface area contributed by atoms with E-state index in [1.165, 1.54) is 6.33 Å². The first-order valence-electron chi connectivity index (χ1n) is 5.68. The average molecular weight is 274 g/mol. The predicted molar refractivity (Wildman–Crippen MR) is 70.0 cm³/mol. The first-order chi connectivity index (χ1) is 9.22. The van der Waals surface area contributed by atoms with Crippen LogP contribution in [-0.4, -0.2) is 31.2 Å². The topological polar surface area (TPSA) is 76.9 Å². The van der Waals surface area contributed by atoms with Gasteiger partial charge in [0.25, 0.3) is 5.24 Å². The summed E-state index contributed by atoms with van der Waals surface area (Å²) in [7, 11) is 0. The zero-order chi connectivity index (χ0) is 13.2. The molecule has 1 aromatic carbocycles. The molecular formula is C12H10N4O2S. The molecule has 1 aliphatic heterocycles. The Balaban J connectivity index is 1.73. The third-order valence-electron chi connectivity index (χ3n) is 2.81. The Bertz CT molecular complexity index is 609. The van der Waals surface area contributed by atoms with Crippen LogP contribution in [0.5, 0.6) is 0 Å². The second-order valence-electron chi connectivity index (χ2n) is 4.09. The number of hydrogen-bond donors (Lipinski definition) is 1. The monoisotopic (exact) mass is 274 g/mol. The molecule has 1 aliphatic rings. The van der Waals surface area contributed by atoms with E-state index >= 15 is 0 Å². The molecule has 0 saturated carbocycles. The minimum absolute atomic E-state index is 0.213. The van der Waals surface area contributed by atoms with Crippen LogP contribution < -0.4 is 5.32 Å². The van der Waals surface area contributed by atoms with E-state index in [-0.39, 0.29) is 16.4 Å². The number of aromatic nitrogens is 3. The van der Waals surface area contributed by atoms with Gasteiger partial charge in [0.05, 0.1) is 10.9 Å². The molecule has 1 fully saturated rings. The highest BCUT2D eigenvalue weighted by Crippen LogP contribution is 2.23. The summed E-state index contributed by atoms with van der Waals surface area (Å²) in [6.45, 7) is 0. The van der Waals surface area contributed by atoms with E-state index in [1.807, 2.05) is 24.3 Å². The fraction of sp³-hybridized carbons (Fsp3) is 0.167. The van der Waals surface area contributed by atoms with Crippen LogP contribution in [-0.2, 0) is 11.2 Å². The van der Waals surface area contributed by atoms with Gasteiger partial charge in [-0.1, -0.05) is 23.9 Å². The van der Waals surface area contributed by atoms with Crippen LogP contribution in [0.1, 0.15) is 5.56 Å². The molecule has 1 N–H and O–H groups in total. The second kappa shape index (κ2) is 4.85. The lowest BCUT2D eigenvalue weighted by Crippen LogP contribution is -2.25. The number of amides is 2. The third kappa shape index (κ3) is 2.50. The molecule has 2 aromatic rings. The van der Waals surface area contributed by atoms with Gasteiger partial charge in [0, 0.05) is 0 Å². The van der Waals surface area contributed by atoms with Crippen molar-refractivity contribution in [1.29, 1.82) is 0 Å². The minimum Gasteiger partial charge on any atom is -0.286 e. The molecule has 1 atom stereocenters. The van der Waals surface area contributed by atoms with Crippen molar-refractivity contribution in [3.63, 3.8) is 0 Å². The fourth-order valence-corrected chi connectivity index (χ4v) is 2.73. The van der Waals surface area contributed by atoms with Crippen LogP contribution in [0.3, 0.4) is 0 Å². The van der Waals surface area contributed by atoms with Crippen LogP contribution >= 0.6 is 11.8 Å². The molecule has 2 amide bonds. The van der Waals surface area contributed by atoms with Crippen molar-refractivity contribution < 1.29 is 9.59 Å². The molecule has 19 heavy (non-hydrogen) atoms. The van der Waals surface area contributed by atoms with Gasteiger partial charge in [0.2, 0.25) is 5.91 Å². The lowest BCUT2D eigenvalue weighted by molar-refractivity contribution is -0.118. The number of benzene rings is 1. The molecule has 0 radical (unpaired) electrons. The highest BCUT2D eigenvalue weighted by Gasteiger charge is 2.31. The van der Waals surface area contributed by atoms with E-state index < -0.39 is 0 Å². The molecule has 1 aromatic heterocycles. The number of hydrogen-bond acceptors (Lipinski definition) is 5. The molecule has 2 heterocycles. The normalized spacial score (nSPS) is 18.6. The van der Waals surface area contributed by atoms with E-state index in [0.717, 1.165) is 23.0 Å². The van der Waals surface area contributed by atoms with Crippen molar-refractivity contribution in [2.45, 2.75) is 11.7 Å². The molecule has 3 rings (SSSR count). The summed E-state index contributed by atoms with van der Waals surface area (Å²) in [5.41, 5.74) is 1.91. The number of nitrogens with zero attached hydrogens (tertiary/aromatic N) is 3. The van der Waals surface area contributed by atoms with E-state index in [4.69, 9.17) is 0 Å². The highest BCUT2D eigenvalue weighted by molar-refractivity contribution is 8.15. The molecule has 0 unspecified atom stereocenters. The number of thioether (sulfide) groups is 1. The van der Waals surface area contributed by atoms with Crippen LogP contribution in [0.15, 0.2) is 36.9 Å². The molecule has 6 nitrogen and oxygen atoms in total. The van der Waals surface area contributed by atoms with Crippen molar-refractivity contribution in [1.82, 2.24) is 20.1 Å². The maximum Gasteiger partial charge on any atom is 0.286 e. The van der Waals surface area contributed by atoms with Crippen LogP contribution in [0.4, 0.5) is 4.79 Å². The third-order valence-corrected chi connectivity index (χ3v) is 3.79. The van der Waals surface area contributed by atoms with Crippen molar-refractivity contribution in [2.24, 2.45) is 0 Å². The largest absolute Gasteiger partial charge is 0.286 e. The van der Waals surface area contributed by atoms with E-state index in [1.54, 1.807) is 11.0 Å². The lowest BCUT2D eigenvalue weighted by atomic mass is 10.1. The van der Waals surface area contributed by atoms with Gasteiger partial charge in [0.1, 0.15) is 12.7 Å². The first-order valence-corrected chi connectivity index (χ1v) is 6.56. The SMILES string of the molecule is O=C1NC(=O)[C@@H](Cc2ccc(-n3cncn3)cc2)S1. The number of nitrogens with one attached hydrogen (secondary N) is 1. The average Bonchev–Trinajstić information content (AvgIpc) is 3.01. The standard InChI is InChI=1S/C12H10N4O2S/c17-11-10(19-12(18)15-11)5-8-1-3-9(4-2-8)16-7-13-6-14-16/h1-4,6-7,10H,5H2,(H,15,17,18)/t10-/m1/s1. The number of carbonyl (C=O) groups is 2. The van der Waals surface area contributed by atoms with Crippen LogP contribution in [0.2, 0.25) is 0 Å². The van der Waals surface area contributed by atoms with Gasteiger partial charge >= 0.3 is 0 Å². The summed E-state index contributed by atoms with van der Waals surface area (Å²) in [5, 5.41) is 5.72. The van der Waals surface area contributed by atoms with E-state index in [9.17, 15) is 9.59 Å². The molecule has 0 spiro atoms. The van der Waals surface area contributed by atoms with Crippen molar-refractivity contribution in [3.8, 4) is 5.69 Å². The zero-order valence-electron chi connectivity index (χ0n) is 9.81. The van der Waals surface area contributed by atoms with Gasteiger partial charge in [-0.15, -0.1) is 0 Å². The molecular weight excluding hydrogens is 264 g/mol. The van der Waals surface area contributed by atoms with Gasteiger partial charge in [-0.2, -0.15) is 5.10 Å². The summed E-state index contributed by atoms with van der Waals surface area (Å²) >= 11 is 1.04. The summed E-state index contributed by atoms with van der Waals surface area (Å²) in [5.74, 6) is -0.213. The Labute approximate surface area is 113 Å². The minimum atomic E-state index is -0.329. The van der Waals surface area contributed by atoms with Gasteiger partial charge < -0.3 is 0 Å². The first kappa shape index (κ1) is 11.9. The Hall–Kier alpha value is -2.15. The maximum absolute atomic E-state index is 11.5. The van der Waals surface area contributed by atoms with Crippen molar-refractivity contribution in [2.75, 3.05) is 0 Å². The highest BCUT2D eigenvalue weighted by atomic mass is 32.2. The Morgan fingerprint density at radius 3 is 2.63 bits per heavy atom. The number of rotatable bonds is 3. The smallest absolute Gasteiger partial charge is 0.286 e. The zero-order valence-corrected chi connectivity index (χ0v) is 10.6. The molecule has 0 bridgehead atoms. The molecule has 7 heteroatoms. The van der Waals surface area contributed by atoms with Crippen molar-refractivity contribution >= 4 is 22.9 Å². The van der Waals surface area contributed by atoms with Gasteiger partial charge in [-0.05, 0) is 24.1 Å². The summed E-state index contributed by atoms with van der Waals surface area (Å²) < 4.78 is 1.66. The van der Waals surface area contributed by atoms with Gasteiger partial charge in [-0.3, -0.25) is 14.9 Å². The van der Waals surface area contributed by atoms with Crippen molar-refractivity contribution in [3.05, 3.63) is 42.5 Å². The Morgan fingerprint density at radius 2 is 2.05 bits per heavy atom. The predicted octanol–water partition coefficient (Wildman–Crippen LogP) is 1.16. The number of imide groups is 1. The lowest BCUT2D eigenvalue weighted by Gasteiger charge is -2.06. The van der Waals surface area contributed by atoms with Gasteiger partial charge in [0.15, 0.2) is 0 Å². The van der Waals surface area contributed by atoms with E-state index in [2.05, 4.69) is 15.4 Å². The number of carbonyl (C=O) groups excluding carboxylic acids is 2.